The van der Waals surface area contributed by atoms with Crippen molar-refractivity contribution in [3.63, 3.8) is 0 Å². The van der Waals surface area contributed by atoms with Gasteiger partial charge in [-0.2, -0.15) is 0 Å². The molecule has 1 amide bonds. The van der Waals surface area contributed by atoms with Crippen LogP contribution in [0.4, 0.5) is 10.1 Å². The van der Waals surface area contributed by atoms with E-state index in [9.17, 15) is 14.0 Å². The molecule has 6 heteroatoms. The highest BCUT2D eigenvalue weighted by atomic mass is 35.5. The molecule has 0 atom stereocenters. The first kappa shape index (κ1) is 15.2. The van der Waals surface area contributed by atoms with Crippen molar-refractivity contribution >= 4 is 34.1 Å². The van der Waals surface area contributed by atoms with Crippen LogP contribution in [0.1, 0.15) is 0 Å². The largest absolute Gasteiger partial charge is 0.338 e. The number of carbonyl (C=O) groups is 1. The van der Waals surface area contributed by atoms with Crippen LogP contribution in [0.2, 0.25) is 5.02 Å². The van der Waals surface area contributed by atoms with Crippen molar-refractivity contribution < 1.29 is 9.18 Å². The lowest BCUT2D eigenvalue weighted by Gasteiger charge is -2.11. The summed E-state index contributed by atoms with van der Waals surface area (Å²) in [6.45, 7) is -0.0489. The second kappa shape index (κ2) is 6.22. The van der Waals surface area contributed by atoms with Crippen molar-refractivity contribution in [3.8, 4) is 0 Å². The van der Waals surface area contributed by atoms with Gasteiger partial charge in [0.05, 0.1) is 16.2 Å². The number of halogens is 2. The summed E-state index contributed by atoms with van der Waals surface area (Å²) >= 11 is 5.69. The summed E-state index contributed by atoms with van der Waals surface area (Å²) in [6, 6.07) is 12.8. The van der Waals surface area contributed by atoms with E-state index in [-0.39, 0.29) is 22.7 Å². The molecular formula is C17H12ClFN2O2. The molecule has 0 unspecified atom stereocenters. The van der Waals surface area contributed by atoms with Gasteiger partial charge < -0.3 is 9.88 Å². The Morgan fingerprint density at radius 2 is 1.91 bits per heavy atom. The van der Waals surface area contributed by atoms with E-state index in [1.54, 1.807) is 41.1 Å². The van der Waals surface area contributed by atoms with Crippen LogP contribution in [0.25, 0.3) is 10.9 Å². The maximum atomic E-state index is 13.8. The Balaban J connectivity index is 1.88. The van der Waals surface area contributed by atoms with Gasteiger partial charge in [0.1, 0.15) is 6.54 Å². The predicted molar refractivity (Wildman–Crippen MR) is 88.2 cm³/mol. The predicted octanol–water partition coefficient (Wildman–Crippen LogP) is 3.43. The molecule has 1 N–H and O–H groups in total. The third-order valence-electron chi connectivity index (χ3n) is 3.42. The number of amides is 1. The number of para-hydroxylation sites is 1. The fraction of sp³-hybridized carbons (Fsp3) is 0.0588. The maximum Gasteiger partial charge on any atom is 0.244 e. The number of nitrogens with one attached hydrogen (secondary N) is 1. The summed E-state index contributed by atoms with van der Waals surface area (Å²) in [6.07, 6.45) is 1.54. The highest BCUT2D eigenvalue weighted by Crippen LogP contribution is 2.22. The van der Waals surface area contributed by atoms with Gasteiger partial charge in [-0.3, -0.25) is 9.59 Å². The van der Waals surface area contributed by atoms with Crippen LogP contribution >= 0.6 is 11.6 Å². The third-order valence-corrected chi connectivity index (χ3v) is 3.72. The third kappa shape index (κ3) is 3.10. The van der Waals surface area contributed by atoms with Gasteiger partial charge in [-0.15, -0.1) is 0 Å². The van der Waals surface area contributed by atoms with Crippen molar-refractivity contribution in [1.82, 2.24) is 4.57 Å². The molecule has 1 aromatic heterocycles. The lowest BCUT2D eigenvalue weighted by Crippen LogP contribution is -2.21. The molecule has 1 heterocycles. The Morgan fingerprint density at radius 1 is 1.13 bits per heavy atom. The van der Waals surface area contributed by atoms with Crippen LogP contribution in [0.3, 0.4) is 0 Å². The van der Waals surface area contributed by atoms with E-state index in [1.807, 2.05) is 0 Å². The van der Waals surface area contributed by atoms with Gasteiger partial charge in [-0.1, -0.05) is 29.8 Å². The van der Waals surface area contributed by atoms with Gasteiger partial charge in [-0.25, -0.2) is 4.39 Å². The van der Waals surface area contributed by atoms with Gasteiger partial charge >= 0.3 is 0 Å². The first-order valence-corrected chi connectivity index (χ1v) is 7.26. The minimum Gasteiger partial charge on any atom is -0.338 e. The van der Waals surface area contributed by atoms with Crippen molar-refractivity contribution in [3.05, 3.63) is 75.8 Å². The first-order valence-electron chi connectivity index (χ1n) is 6.88. The fourth-order valence-electron chi connectivity index (χ4n) is 2.34. The number of hydrogen-bond acceptors (Lipinski definition) is 2. The summed E-state index contributed by atoms with van der Waals surface area (Å²) in [5, 5.41) is 2.95. The summed E-state index contributed by atoms with van der Waals surface area (Å²) < 4.78 is 15.4. The van der Waals surface area contributed by atoms with Gasteiger partial charge in [-0.05, 0) is 24.3 Å². The molecule has 0 aliphatic heterocycles. The van der Waals surface area contributed by atoms with Crippen molar-refractivity contribution in [1.29, 1.82) is 0 Å². The molecule has 0 aliphatic carbocycles. The van der Waals surface area contributed by atoms with E-state index >= 15 is 0 Å². The number of nitrogens with zero attached hydrogens (tertiary/aromatic N) is 1. The van der Waals surface area contributed by atoms with Crippen LogP contribution in [-0.2, 0) is 11.3 Å². The van der Waals surface area contributed by atoms with E-state index in [0.717, 1.165) is 0 Å². The van der Waals surface area contributed by atoms with Gasteiger partial charge in [0, 0.05) is 17.6 Å². The average Bonchev–Trinajstić information content (AvgIpc) is 2.55. The molecule has 23 heavy (non-hydrogen) atoms. The van der Waals surface area contributed by atoms with E-state index < -0.39 is 11.7 Å². The number of anilines is 1. The normalized spacial score (nSPS) is 10.7. The molecule has 116 valence electrons. The van der Waals surface area contributed by atoms with Crippen LogP contribution in [0.5, 0.6) is 0 Å². The average molecular weight is 331 g/mol. The summed E-state index contributed by atoms with van der Waals surface area (Å²) in [7, 11) is 0. The molecule has 3 rings (SSSR count). The molecule has 0 bridgehead atoms. The summed E-state index contributed by atoms with van der Waals surface area (Å²) in [4.78, 5) is 24.0. The van der Waals surface area contributed by atoms with Crippen molar-refractivity contribution in [2.75, 3.05) is 5.32 Å². The monoisotopic (exact) mass is 330 g/mol. The molecule has 3 aromatic rings. The topological polar surface area (TPSA) is 51.1 Å². The van der Waals surface area contributed by atoms with Crippen LogP contribution < -0.4 is 10.7 Å². The minimum absolute atomic E-state index is 0.0212. The fourth-order valence-corrected chi connectivity index (χ4v) is 2.52. The van der Waals surface area contributed by atoms with Gasteiger partial charge in [0.15, 0.2) is 11.2 Å². The van der Waals surface area contributed by atoms with E-state index in [2.05, 4.69) is 5.32 Å². The number of hydrogen-bond donors (Lipinski definition) is 1. The molecule has 0 aliphatic rings. The summed E-state index contributed by atoms with van der Waals surface area (Å²) in [5.41, 5.74) is 0.549. The highest BCUT2D eigenvalue weighted by Gasteiger charge is 2.11. The number of pyridine rings is 1. The Labute approximate surface area is 136 Å². The molecular weight excluding hydrogens is 319 g/mol. The zero-order valence-corrected chi connectivity index (χ0v) is 12.7. The molecule has 2 aromatic carbocycles. The standard InChI is InChI=1S/C17H12ClFN2O2/c18-12-5-3-6-13(17(12)19)20-16(23)10-21-9-8-15(22)11-4-1-2-7-14(11)21/h1-9H,10H2,(H,20,23). The van der Waals surface area contributed by atoms with Crippen LogP contribution in [-0.4, -0.2) is 10.5 Å². The van der Waals surface area contributed by atoms with E-state index in [0.29, 0.717) is 10.9 Å². The second-order valence-corrected chi connectivity index (χ2v) is 5.38. The van der Waals surface area contributed by atoms with E-state index in [4.69, 9.17) is 11.6 Å². The zero-order valence-electron chi connectivity index (χ0n) is 11.9. The molecule has 0 radical (unpaired) electrons. The second-order valence-electron chi connectivity index (χ2n) is 4.97. The number of benzene rings is 2. The number of aromatic nitrogens is 1. The minimum atomic E-state index is -0.674. The van der Waals surface area contributed by atoms with Crippen molar-refractivity contribution in [2.24, 2.45) is 0 Å². The first-order chi connectivity index (χ1) is 11.1. The Morgan fingerprint density at radius 3 is 2.74 bits per heavy atom. The zero-order chi connectivity index (χ0) is 16.4. The Bertz CT molecular complexity index is 953. The number of carbonyl (C=O) groups excluding carboxylic acids is 1. The molecule has 0 fully saturated rings. The Hall–Kier alpha value is -2.66. The summed E-state index contributed by atoms with van der Waals surface area (Å²) in [5.74, 6) is -1.09. The quantitative estimate of drug-likeness (QED) is 0.800. The molecule has 0 spiro atoms. The van der Waals surface area contributed by atoms with Gasteiger partial charge in [0.25, 0.3) is 0 Å². The molecule has 0 saturated heterocycles. The van der Waals surface area contributed by atoms with E-state index in [1.165, 1.54) is 18.2 Å². The SMILES string of the molecule is O=C(Cn1ccc(=O)c2ccccc21)Nc1cccc(Cl)c1F. The van der Waals surface area contributed by atoms with Crippen LogP contribution in [0, 0.1) is 5.82 Å². The smallest absolute Gasteiger partial charge is 0.244 e. The number of fused-ring (bicyclic) bond motifs is 1. The van der Waals surface area contributed by atoms with Gasteiger partial charge in [0.2, 0.25) is 5.91 Å². The van der Waals surface area contributed by atoms with Crippen molar-refractivity contribution in [2.45, 2.75) is 6.54 Å². The number of rotatable bonds is 3. The molecule has 4 nitrogen and oxygen atoms in total. The Kier molecular flexibility index (Phi) is 4.12. The molecule has 0 saturated carbocycles. The highest BCUT2D eigenvalue weighted by molar-refractivity contribution is 6.31. The lowest BCUT2D eigenvalue weighted by molar-refractivity contribution is -0.116. The van der Waals surface area contributed by atoms with Crippen LogP contribution in [0.15, 0.2) is 59.5 Å². The lowest BCUT2D eigenvalue weighted by atomic mass is 10.2. The maximum absolute atomic E-state index is 13.8.